The molecule has 1 aliphatic rings. The number of nitrogens with zero attached hydrogens (tertiary/aromatic N) is 2. The summed E-state index contributed by atoms with van der Waals surface area (Å²) in [6, 6.07) is 9.91. The minimum Gasteiger partial charge on any atom is -0.322 e. The van der Waals surface area contributed by atoms with Crippen molar-refractivity contribution in [3.63, 3.8) is 0 Å². The van der Waals surface area contributed by atoms with E-state index in [1.165, 1.54) is 11.6 Å². The van der Waals surface area contributed by atoms with Crippen molar-refractivity contribution >= 4 is 34.8 Å². The molecule has 1 amide bonds. The third-order valence-corrected chi connectivity index (χ3v) is 5.07. The van der Waals surface area contributed by atoms with Crippen molar-refractivity contribution in [1.29, 1.82) is 0 Å². The minimum absolute atomic E-state index is 0.0510. The lowest BCUT2D eigenvalue weighted by Gasteiger charge is -2.32. The summed E-state index contributed by atoms with van der Waals surface area (Å²) in [5.41, 5.74) is 1.86. The van der Waals surface area contributed by atoms with Crippen LogP contribution in [0.3, 0.4) is 0 Å². The zero-order chi connectivity index (χ0) is 18.7. The fraction of sp³-hybridized carbons (Fsp3) is 0.316. The van der Waals surface area contributed by atoms with Crippen LogP contribution in [0.15, 0.2) is 36.4 Å². The van der Waals surface area contributed by atoms with Crippen LogP contribution in [0.2, 0.25) is 10.0 Å². The standard InChI is InChI=1S/C19H20Cl2FN3O/c1-24-6-8-25(9-7-24)12-13-2-4-14(5-3-13)23-19(26)15-10-18(22)17(21)11-16(15)20/h2-5,10-11H,6-9,12H2,1H3,(H,23,26). The van der Waals surface area contributed by atoms with E-state index in [2.05, 4.69) is 22.2 Å². The molecule has 0 spiro atoms. The van der Waals surface area contributed by atoms with Gasteiger partial charge < -0.3 is 10.2 Å². The summed E-state index contributed by atoms with van der Waals surface area (Å²) in [5, 5.41) is 2.73. The van der Waals surface area contributed by atoms with Gasteiger partial charge in [0, 0.05) is 38.4 Å². The zero-order valence-electron chi connectivity index (χ0n) is 14.4. The average molecular weight is 396 g/mol. The second-order valence-electron chi connectivity index (χ2n) is 6.48. The van der Waals surface area contributed by atoms with Gasteiger partial charge in [-0.25, -0.2) is 4.39 Å². The maximum Gasteiger partial charge on any atom is 0.257 e. The highest BCUT2D eigenvalue weighted by atomic mass is 35.5. The van der Waals surface area contributed by atoms with E-state index in [1.54, 1.807) is 0 Å². The Hall–Kier alpha value is -1.66. The Morgan fingerprint density at radius 3 is 2.38 bits per heavy atom. The molecule has 7 heteroatoms. The molecule has 138 valence electrons. The molecule has 4 nitrogen and oxygen atoms in total. The summed E-state index contributed by atoms with van der Waals surface area (Å²) in [4.78, 5) is 17.0. The first-order valence-corrected chi connectivity index (χ1v) is 9.13. The SMILES string of the molecule is CN1CCN(Cc2ccc(NC(=O)c3cc(F)c(Cl)cc3Cl)cc2)CC1. The Labute approximate surface area is 162 Å². The predicted octanol–water partition coefficient (Wildman–Crippen LogP) is 4.13. The average Bonchev–Trinajstić information content (AvgIpc) is 2.61. The minimum atomic E-state index is -0.677. The largest absolute Gasteiger partial charge is 0.322 e. The fourth-order valence-corrected chi connectivity index (χ4v) is 3.32. The molecule has 0 saturated carbocycles. The molecule has 1 fully saturated rings. The van der Waals surface area contributed by atoms with Crippen LogP contribution in [0.25, 0.3) is 0 Å². The van der Waals surface area contributed by atoms with Gasteiger partial charge in [-0.1, -0.05) is 35.3 Å². The molecule has 1 saturated heterocycles. The van der Waals surface area contributed by atoms with Gasteiger partial charge in [-0.15, -0.1) is 0 Å². The van der Waals surface area contributed by atoms with Crippen molar-refractivity contribution in [2.75, 3.05) is 38.5 Å². The van der Waals surface area contributed by atoms with Gasteiger partial charge in [0.15, 0.2) is 0 Å². The van der Waals surface area contributed by atoms with Crippen LogP contribution >= 0.6 is 23.2 Å². The van der Waals surface area contributed by atoms with Gasteiger partial charge in [-0.3, -0.25) is 9.69 Å². The van der Waals surface area contributed by atoms with Crippen molar-refractivity contribution in [1.82, 2.24) is 9.80 Å². The summed E-state index contributed by atoms with van der Waals surface area (Å²) in [6.45, 7) is 5.14. The van der Waals surface area contributed by atoms with E-state index in [0.717, 1.165) is 38.8 Å². The lowest BCUT2D eigenvalue weighted by molar-refractivity contribution is 0.102. The van der Waals surface area contributed by atoms with Crippen molar-refractivity contribution in [3.05, 3.63) is 63.4 Å². The lowest BCUT2D eigenvalue weighted by atomic mass is 10.1. The Bertz CT molecular complexity index is 790. The van der Waals surface area contributed by atoms with Gasteiger partial charge in [-0.05, 0) is 36.9 Å². The van der Waals surface area contributed by atoms with Crippen molar-refractivity contribution < 1.29 is 9.18 Å². The monoisotopic (exact) mass is 395 g/mol. The molecule has 3 rings (SSSR count). The highest BCUT2D eigenvalue weighted by molar-refractivity contribution is 6.37. The Morgan fingerprint density at radius 1 is 1.08 bits per heavy atom. The quantitative estimate of drug-likeness (QED) is 0.790. The fourth-order valence-electron chi connectivity index (χ4n) is 2.85. The molecular weight excluding hydrogens is 376 g/mol. The molecule has 0 unspecified atom stereocenters. The number of likely N-dealkylation sites (N-methyl/N-ethyl adjacent to an activating group) is 1. The van der Waals surface area contributed by atoms with E-state index in [0.29, 0.717) is 5.69 Å². The van der Waals surface area contributed by atoms with Crippen LogP contribution in [0, 0.1) is 5.82 Å². The summed E-state index contributed by atoms with van der Waals surface area (Å²) < 4.78 is 13.6. The van der Waals surface area contributed by atoms with Gasteiger partial charge in [0.05, 0.1) is 15.6 Å². The predicted molar refractivity (Wildman–Crippen MR) is 104 cm³/mol. The molecule has 0 aromatic heterocycles. The first-order chi connectivity index (χ1) is 12.4. The van der Waals surface area contributed by atoms with Crippen LogP contribution in [-0.2, 0) is 6.54 Å². The summed E-state index contributed by atoms with van der Waals surface area (Å²) in [6.07, 6.45) is 0. The number of amides is 1. The van der Waals surface area contributed by atoms with Gasteiger partial charge >= 0.3 is 0 Å². The number of nitrogens with one attached hydrogen (secondary N) is 1. The van der Waals surface area contributed by atoms with Crippen LogP contribution in [0.5, 0.6) is 0 Å². The number of carbonyl (C=O) groups is 1. The number of anilines is 1. The van der Waals surface area contributed by atoms with Gasteiger partial charge in [0.1, 0.15) is 5.82 Å². The second kappa shape index (κ2) is 8.35. The molecule has 1 N–H and O–H groups in total. The number of benzene rings is 2. The Morgan fingerprint density at radius 2 is 1.73 bits per heavy atom. The third-order valence-electron chi connectivity index (χ3n) is 4.47. The molecule has 2 aromatic carbocycles. The van der Waals surface area contributed by atoms with E-state index >= 15 is 0 Å². The first kappa shape index (κ1) is 19.1. The van der Waals surface area contributed by atoms with E-state index in [9.17, 15) is 9.18 Å². The topological polar surface area (TPSA) is 35.6 Å². The zero-order valence-corrected chi connectivity index (χ0v) is 15.9. The van der Waals surface area contributed by atoms with Crippen LogP contribution < -0.4 is 5.32 Å². The van der Waals surface area contributed by atoms with Gasteiger partial charge in [0.2, 0.25) is 0 Å². The second-order valence-corrected chi connectivity index (χ2v) is 7.29. The van der Waals surface area contributed by atoms with Crippen LogP contribution in [0.1, 0.15) is 15.9 Å². The van der Waals surface area contributed by atoms with Crippen molar-refractivity contribution in [2.45, 2.75) is 6.54 Å². The van der Waals surface area contributed by atoms with Crippen LogP contribution in [-0.4, -0.2) is 48.9 Å². The normalized spacial score (nSPS) is 15.8. The molecular formula is C19H20Cl2FN3O. The molecule has 1 heterocycles. The molecule has 0 bridgehead atoms. The van der Waals surface area contributed by atoms with E-state index in [1.807, 2.05) is 24.3 Å². The molecule has 2 aromatic rings. The maximum absolute atomic E-state index is 13.6. The smallest absolute Gasteiger partial charge is 0.257 e. The number of hydrogen-bond donors (Lipinski definition) is 1. The highest BCUT2D eigenvalue weighted by Gasteiger charge is 2.16. The summed E-state index contributed by atoms with van der Waals surface area (Å²) >= 11 is 11.6. The Balaban J connectivity index is 1.62. The number of carbonyl (C=O) groups excluding carboxylic acids is 1. The molecule has 0 radical (unpaired) electrons. The van der Waals surface area contributed by atoms with Crippen molar-refractivity contribution in [2.24, 2.45) is 0 Å². The van der Waals surface area contributed by atoms with Crippen molar-refractivity contribution in [3.8, 4) is 0 Å². The first-order valence-electron chi connectivity index (χ1n) is 8.38. The number of rotatable bonds is 4. The van der Waals surface area contributed by atoms with Crippen LogP contribution in [0.4, 0.5) is 10.1 Å². The summed E-state index contributed by atoms with van der Waals surface area (Å²) in [5.74, 6) is -1.15. The molecule has 26 heavy (non-hydrogen) atoms. The molecule has 0 atom stereocenters. The summed E-state index contributed by atoms with van der Waals surface area (Å²) in [7, 11) is 2.13. The van der Waals surface area contributed by atoms with E-state index in [4.69, 9.17) is 23.2 Å². The van der Waals surface area contributed by atoms with Gasteiger partial charge in [0.25, 0.3) is 5.91 Å². The third kappa shape index (κ3) is 4.74. The number of halogens is 3. The maximum atomic E-state index is 13.6. The highest BCUT2D eigenvalue weighted by Crippen LogP contribution is 2.25. The molecule has 0 aliphatic carbocycles. The van der Waals surface area contributed by atoms with E-state index in [-0.39, 0.29) is 15.6 Å². The Kier molecular flexibility index (Phi) is 6.14. The number of piperazine rings is 1. The van der Waals surface area contributed by atoms with Gasteiger partial charge in [-0.2, -0.15) is 0 Å². The number of hydrogen-bond acceptors (Lipinski definition) is 3. The van der Waals surface area contributed by atoms with E-state index < -0.39 is 11.7 Å². The molecule has 1 aliphatic heterocycles. The lowest BCUT2D eigenvalue weighted by Crippen LogP contribution is -2.43.